The minimum atomic E-state index is 0. The normalized spacial score (nSPS) is 19.5. The van der Waals surface area contributed by atoms with Gasteiger partial charge in [0, 0.05) is 38.1 Å². The zero-order valence-corrected chi connectivity index (χ0v) is 21.2. The molecule has 170 valence electrons. The van der Waals surface area contributed by atoms with Crippen LogP contribution in [0.15, 0.2) is 40.7 Å². The third-order valence-corrected chi connectivity index (χ3v) is 6.39. The molecule has 2 N–H and O–H groups in total. The molecule has 0 aliphatic carbocycles. The minimum absolute atomic E-state index is 0. The zero-order valence-electron chi connectivity index (χ0n) is 18.0. The van der Waals surface area contributed by atoms with E-state index >= 15 is 0 Å². The maximum atomic E-state index is 5.73. The number of hydrogen-bond donors (Lipinski definition) is 2. The van der Waals surface area contributed by atoms with Gasteiger partial charge in [-0.25, -0.2) is 0 Å². The molecule has 1 fully saturated rings. The summed E-state index contributed by atoms with van der Waals surface area (Å²) in [6, 6.07) is 10.7. The molecule has 7 nitrogen and oxygen atoms in total. The molecule has 2 aliphatic rings. The molecular formula is C22H31IN4O3S. The van der Waals surface area contributed by atoms with Crippen molar-refractivity contribution < 1.29 is 14.2 Å². The molecule has 9 heteroatoms. The fraction of sp³-hybridized carbons (Fsp3) is 0.500. The van der Waals surface area contributed by atoms with Crippen LogP contribution >= 0.6 is 35.3 Å². The van der Waals surface area contributed by atoms with Crippen LogP contribution in [0.1, 0.15) is 23.4 Å². The molecule has 2 atom stereocenters. The molecule has 0 bridgehead atoms. The van der Waals surface area contributed by atoms with Crippen LogP contribution in [0.5, 0.6) is 11.5 Å². The van der Waals surface area contributed by atoms with Gasteiger partial charge in [0.25, 0.3) is 0 Å². The Morgan fingerprint density at radius 1 is 1.26 bits per heavy atom. The van der Waals surface area contributed by atoms with Crippen LogP contribution in [-0.2, 0) is 11.2 Å². The number of benzene rings is 1. The van der Waals surface area contributed by atoms with Gasteiger partial charge in [0.2, 0.25) is 6.79 Å². The lowest BCUT2D eigenvalue weighted by molar-refractivity contribution is -0.0334. The predicted octanol–water partition coefficient (Wildman–Crippen LogP) is 3.26. The number of nitrogens with zero attached hydrogens (tertiary/aromatic N) is 2. The molecule has 0 saturated carbocycles. The summed E-state index contributed by atoms with van der Waals surface area (Å²) in [5.41, 5.74) is 1.21. The monoisotopic (exact) mass is 558 g/mol. The van der Waals surface area contributed by atoms with E-state index in [1.807, 2.05) is 19.2 Å². The third kappa shape index (κ3) is 6.47. The van der Waals surface area contributed by atoms with Crippen LogP contribution in [0.2, 0.25) is 0 Å². The van der Waals surface area contributed by atoms with Gasteiger partial charge in [0.15, 0.2) is 17.5 Å². The van der Waals surface area contributed by atoms with Crippen molar-refractivity contribution >= 4 is 41.3 Å². The Hall–Kier alpha value is -1.56. The molecule has 2 aromatic rings. The van der Waals surface area contributed by atoms with Crippen LogP contribution < -0.4 is 20.1 Å². The molecule has 31 heavy (non-hydrogen) atoms. The highest BCUT2D eigenvalue weighted by Gasteiger charge is 2.26. The van der Waals surface area contributed by atoms with E-state index in [4.69, 9.17) is 14.2 Å². The quantitative estimate of drug-likeness (QED) is 0.309. The van der Waals surface area contributed by atoms with Gasteiger partial charge in [0.05, 0.1) is 18.8 Å². The van der Waals surface area contributed by atoms with Gasteiger partial charge in [0.1, 0.15) is 0 Å². The predicted molar refractivity (Wildman–Crippen MR) is 135 cm³/mol. The number of halogens is 1. The number of hydrogen-bond acceptors (Lipinski definition) is 6. The van der Waals surface area contributed by atoms with Crippen LogP contribution in [0.3, 0.4) is 0 Å². The zero-order chi connectivity index (χ0) is 20.8. The fourth-order valence-electron chi connectivity index (χ4n) is 3.85. The maximum absolute atomic E-state index is 5.73. The van der Waals surface area contributed by atoms with Gasteiger partial charge in [-0.2, -0.15) is 0 Å². The molecule has 2 unspecified atom stereocenters. The van der Waals surface area contributed by atoms with E-state index in [9.17, 15) is 0 Å². The van der Waals surface area contributed by atoms with Crippen LogP contribution in [0.4, 0.5) is 0 Å². The van der Waals surface area contributed by atoms with Crippen molar-refractivity contribution in [1.29, 1.82) is 0 Å². The topological polar surface area (TPSA) is 67.4 Å². The highest BCUT2D eigenvalue weighted by atomic mass is 127. The van der Waals surface area contributed by atoms with Gasteiger partial charge in [-0.1, -0.05) is 12.1 Å². The second kappa shape index (κ2) is 11.9. The van der Waals surface area contributed by atoms with Gasteiger partial charge in [-0.3, -0.25) is 9.89 Å². The Morgan fingerprint density at radius 2 is 2.13 bits per heavy atom. The Bertz CT molecular complexity index is 849. The number of ether oxygens (including phenoxy) is 3. The van der Waals surface area contributed by atoms with Crippen molar-refractivity contribution in [3.8, 4) is 11.5 Å². The first-order valence-corrected chi connectivity index (χ1v) is 11.3. The Labute approximate surface area is 205 Å². The van der Waals surface area contributed by atoms with Crippen molar-refractivity contribution in [2.24, 2.45) is 4.99 Å². The highest BCUT2D eigenvalue weighted by molar-refractivity contribution is 14.0. The SMILES string of the molecule is CN=C(NCCc1ccc2c(c1)OCO2)NCC(c1cccs1)N1CCOC(C)C1.I. The van der Waals surface area contributed by atoms with Crippen molar-refractivity contribution in [3.05, 3.63) is 46.2 Å². The number of guanidine groups is 1. The summed E-state index contributed by atoms with van der Waals surface area (Å²) in [5.74, 6) is 2.47. The number of rotatable bonds is 7. The first-order chi connectivity index (χ1) is 14.7. The summed E-state index contributed by atoms with van der Waals surface area (Å²) in [6.07, 6.45) is 1.15. The van der Waals surface area contributed by atoms with E-state index in [1.54, 1.807) is 11.3 Å². The van der Waals surface area contributed by atoms with Crippen molar-refractivity contribution in [2.75, 3.05) is 46.6 Å². The third-order valence-electron chi connectivity index (χ3n) is 5.41. The Kier molecular flexibility index (Phi) is 9.24. The van der Waals surface area contributed by atoms with E-state index < -0.39 is 0 Å². The van der Waals surface area contributed by atoms with E-state index in [2.05, 4.69) is 51.0 Å². The van der Waals surface area contributed by atoms with Crippen LogP contribution in [0.25, 0.3) is 0 Å². The number of fused-ring (bicyclic) bond motifs is 1. The molecule has 1 aromatic heterocycles. The van der Waals surface area contributed by atoms with Crippen molar-refractivity contribution in [3.63, 3.8) is 0 Å². The summed E-state index contributed by atoms with van der Waals surface area (Å²) in [7, 11) is 1.81. The van der Waals surface area contributed by atoms with E-state index in [0.29, 0.717) is 12.8 Å². The van der Waals surface area contributed by atoms with Gasteiger partial charge in [-0.05, 0) is 42.5 Å². The molecular weight excluding hydrogens is 527 g/mol. The molecule has 0 radical (unpaired) electrons. The Balaban J connectivity index is 0.00000272. The van der Waals surface area contributed by atoms with Crippen LogP contribution in [0, 0.1) is 0 Å². The number of morpholine rings is 1. The summed E-state index contributed by atoms with van der Waals surface area (Å²) < 4.78 is 16.6. The van der Waals surface area contributed by atoms with E-state index in [-0.39, 0.29) is 30.1 Å². The van der Waals surface area contributed by atoms with Gasteiger partial charge in [-0.15, -0.1) is 35.3 Å². The second-order valence-corrected chi connectivity index (χ2v) is 8.50. The first kappa shape index (κ1) is 24.1. The van der Waals surface area contributed by atoms with Crippen molar-refractivity contribution in [2.45, 2.75) is 25.5 Å². The average molecular weight is 558 g/mol. The minimum Gasteiger partial charge on any atom is -0.454 e. The lowest BCUT2D eigenvalue weighted by Crippen LogP contribution is -2.48. The lowest BCUT2D eigenvalue weighted by atomic mass is 10.1. The first-order valence-electron chi connectivity index (χ1n) is 10.4. The smallest absolute Gasteiger partial charge is 0.231 e. The van der Waals surface area contributed by atoms with Gasteiger partial charge < -0.3 is 24.8 Å². The molecule has 3 heterocycles. The molecule has 2 aliphatic heterocycles. The molecule has 1 aromatic carbocycles. The summed E-state index contributed by atoms with van der Waals surface area (Å²) in [6.45, 7) is 6.72. The maximum Gasteiger partial charge on any atom is 0.231 e. The molecule has 1 saturated heterocycles. The van der Waals surface area contributed by atoms with Gasteiger partial charge >= 0.3 is 0 Å². The van der Waals surface area contributed by atoms with E-state index in [0.717, 1.165) is 56.7 Å². The molecule has 0 spiro atoms. The van der Waals surface area contributed by atoms with Crippen molar-refractivity contribution in [1.82, 2.24) is 15.5 Å². The van der Waals surface area contributed by atoms with Crippen LogP contribution in [-0.4, -0.2) is 63.6 Å². The number of thiophene rings is 1. The second-order valence-electron chi connectivity index (χ2n) is 7.53. The highest BCUT2D eigenvalue weighted by Crippen LogP contribution is 2.32. The standard InChI is InChI=1S/C22H30N4O3S.HI/c1-16-14-26(9-10-27-16)18(21-4-3-11-30-21)13-25-22(23-2)24-8-7-17-5-6-19-20(12-17)29-15-28-19;/h3-6,11-12,16,18H,7-10,13-15H2,1-2H3,(H2,23,24,25);1H. The lowest BCUT2D eigenvalue weighted by Gasteiger charge is -2.37. The summed E-state index contributed by atoms with van der Waals surface area (Å²) in [5, 5.41) is 9.08. The molecule has 0 amide bonds. The summed E-state index contributed by atoms with van der Waals surface area (Å²) in [4.78, 5) is 8.28. The fourth-order valence-corrected chi connectivity index (χ4v) is 4.72. The van der Waals surface area contributed by atoms with E-state index in [1.165, 1.54) is 10.4 Å². The Morgan fingerprint density at radius 3 is 2.90 bits per heavy atom. The average Bonchev–Trinajstić information content (AvgIpc) is 3.44. The summed E-state index contributed by atoms with van der Waals surface area (Å²) >= 11 is 1.81. The molecule has 4 rings (SSSR count). The largest absolute Gasteiger partial charge is 0.454 e. The number of aliphatic imine (C=N–C) groups is 1. The number of nitrogens with one attached hydrogen (secondary N) is 2.